The van der Waals surface area contributed by atoms with Crippen molar-refractivity contribution in [2.45, 2.75) is 40.0 Å². The van der Waals surface area contributed by atoms with Crippen LogP contribution in [-0.4, -0.2) is 20.9 Å². The van der Waals surface area contributed by atoms with E-state index in [1.54, 1.807) is 0 Å². The molecule has 0 bridgehead atoms. The van der Waals surface area contributed by atoms with Crippen LogP contribution in [0.15, 0.2) is 54.7 Å². The van der Waals surface area contributed by atoms with E-state index in [4.69, 9.17) is 10.2 Å². The lowest BCUT2D eigenvalue weighted by Gasteiger charge is -2.06. The topological polar surface area (TPSA) is 55.1 Å². The number of carbonyl (C=O) groups is 1. The van der Waals surface area contributed by atoms with Gasteiger partial charge in [-0.2, -0.15) is 5.10 Å². The number of carboxylic acid groups (broad SMARTS) is 1. The Morgan fingerprint density at radius 1 is 1.07 bits per heavy atom. The molecule has 1 N–H and O–H groups in total. The van der Waals surface area contributed by atoms with Gasteiger partial charge in [-0.3, -0.25) is 4.79 Å². The summed E-state index contributed by atoms with van der Waals surface area (Å²) in [4.78, 5) is 11.1. The molecule has 0 saturated carbocycles. The second-order valence-electron chi connectivity index (χ2n) is 7.47. The van der Waals surface area contributed by atoms with Crippen molar-refractivity contribution in [3.63, 3.8) is 0 Å². The lowest BCUT2D eigenvalue weighted by molar-refractivity contribution is -0.136. The molecule has 0 saturated heterocycles. The lowest BCUT2D eigenvalue weighted by atomic mass is 9.99. The highest BCUT2D eigenvalue weighted by molar-refractivity contribution is 5.69. The van der Waals surface area contributed by atoms with Crippen molar-refractivity contribution >= 4 is 5.97 Å². The lowest BCUT2D eigenvalue weighted by Crippen LogP contribution is -1.98. The smallest absolute Gasteiger partial charge is 0.303 e. The van der Waals surface area contributed by atoms with Gasteiger partial charge in [0, 0.05) is 18.2 Å². The molecule has 4 nitrogen and oxygen atoms in total. The van der Waals surface area contributed by atoms with Gasteiger partial charge in [-0.05, 0) is 48.9 Å². The summed E-state index contributed by atoms with van der Waals surface area (Å²) in [5.74, 6) is -0.181. The molecule has 0 aliphatic carbocycles. The average Bonchev–Trinajstić information content (AvgIpc) is 3.05. The zero-order valence-corrected chi connectivity index (χ0v) is 16.1. The van der Waals surface area contributed by atoms with Crippen LogP contribution < -0.4 is 0 Å². The Balaban J connectivity index is 1.96. The Bertz CT molecular complexity index is 907. The van der Waals surface area contributed by atoms with E-state index in [9.17, 15) is 4.79 Å². The number of benzene rings is 2. The first kappa shape index (κ1) is 18.9. The summed E-state index contributed by atoms with van der Waals surface area (Å²) in [5.41, 5.74) is 6.30. The van der Waals surface area contributed by atoms with Crippen molar-refractivity contribution in [2.75, 3.05) is 0 Å². The van der Waals surface area contributed by atoms with Gasteiger partial charge in [0.25, 0.3) is 0 Å². The van der Waals surface area contributed by atoms with Crippen LogP contribution in [0.3, 0.4) is 0 Å². The molecule has 3 aromatic rings. The number of carboxylic acids is 1. The molecule has 0 amide bonds. The summed E-state index contributed by atoms with van der Waals surface area (Å²) >= 11 is 0. The average molecular weight is 362 g/mol. The Labute approximate surface area is 160 Å². The van der Waals surface area contributed by atoms with Crippen LogP contribution in [0.2, 0.25) is 0 Å². The van der Waals surface area contributed by atoms with Crippen molar-refractivity contribution < 1.29 is 9.90 Å². The molecule has 0 atom stereocenters. The largest absolute Gasteiger partial charge is 0.481 e. The molecule has 0 spiro atoms. The molecular formula is C23H26N2O2. The minimum absolute atomic E-state index is 0.0953. The van der Waals surface area contributed by atoms with Crippen LogP contribution in [-0.2, 0) is 17.6 Å². The standard InChI is InChI=1S/C23H26N2O2/c1-16(2)14-18-6-8-19(9-7-18)23-20(10-13-22(26)27)15-25(24-23)21-11-4-17(3)5-12-21/h4-9,11-12,15-16H,10,13-14H2,1-3H3,(H,26,27). The van der Waals surface area contributed by atoms with Gasteiger partial charge in [0.05, 0.1) is 11.4 Å². The summed E-state index contributed by atoms with van der Waals surface area (Å²) in [6.45, 7) is 6.47. The Hall–Kier alpha value is -2.88. The Kier molecular flexibility index (Phi) is 5.75. The third-order valence-corrected chi connectivity index (χ3v) is 4.57. The van der Waals surface area contributed by atoms with Gasteiger partial charge in [0.2, 0.25) is 0 Å². The minimum Gasteiger partial charge on any atom is -0.481 e. The fraction of sp³-hybridized carbons (Fsp3) is 0.304. The van der Waals surface area contributed by atoms with Crippen molar-refractivity contribution in [3.8, 4) is 16.9 Å². The van der Waals surface area contributed by atoms with E-state index in [0.29, 0.717) is 12.3 Å². The maximum absolute atomic E-state index is 11.1. The van der Waals surface area contributed by atoms with E-state index in [1.165, 1.54) is 11.1 Å². The molecule has 0 radical (unpaired) electrons. The maximum atomic E-state index is 11.1. The van der Waals surface area contributed by atoms with Gasteiger partial charge in [-0.15, -0.1) is 0 Å². The molecule has 0 fully saturated rings. The van der Waals surface area contributed by atoms with Gasteiger partial charge in [-0.1, -0.05) is 55.8 Å². The van der Waals surface area contributed by atoms with Crippen molar-refractivity contribution in [2.24, 2.45) is 5.92 Å². The number of hydrogen-bond donors (Lipinski definition) is 1. The zero-order chi connectivity index (χ0) is 19.4. The molecule has 0 aliphatic rings. The van der Waals surface area contributed by atoms with E-state index in [-0.39, 0.29) is 6.42 Å². The monoisotopic (exact) mass is 362 g/mol. The normalized spacial score (nSPS) is 11.1. The summed E-state index contributed by atoms with van der Waals surface area (Å²) in [6, 6.07) is 16.6. The number of aliphatic carboxylic acids is 1. The fourth-order valence-electron chi connectivity index (χ4n) is 3.18. The number of aromatic nitrogens is 2. The summed E-state index contributed by atoms with van der Waals surface area (Å²) < 4.78 is 1.84. The van der Waals surface area contributed by atoms with Crippen LogP contribution in [0, 0.1) is 12.8 Å². The van der Waals surface area contributed by atoms with Crippen LogP contribution >= 0.6 is 0 Å². The summed E-state index contributed by atoms with van der Waals surface area (Å²) in [7, 11) is 0. The summed E-state index contributed by atoms with van der Waals surface area (Å²) in [5, 5.41) is 13.9. The van der Waals surface area contributed by atoms with Crippen molar-refractivity contribution in [3.05, 3.63) is 71.4 Å². The maximum Gasteiger partial charge on any atom is 0.303 e. The highest BCUT2D eigenvalue weighted by atomic mass is 16.4. The van der Waals surface area contributed by atoms with E-state index < -0.39 is 5.97 Å². The molecular weight excluding hydrogens is 336 g/mol. The molecule has 1 heterocycles. The molecule has 4 heteroatoms. The van der Waals surface area contributed by atoms with Gasteiger partial charge < -0.3 is 5.11 Å². The molecule has 2 aromatic carbocycles. The Morgan fingerprint density at radius 2 is 1.74 bits per heavy atom. The van der Waals surface area contributed by atoms with E-state index in [2.05, 4.69) is 45.0 Å². The predicted octanol–water partition coefficient (Wildman–Crippen LogP) is 5.06. The van der Waals surface area contributed by atoms with E-state index in [0.717, 1.165) is 28.9 Å². The fourth-order valence-corrected chi connectivity index (χ4v) is 3.18. The van der Waals surface area contributed by atoms with E-state index >= 15 is 0 Å². The van der Waals surface area contributed by atoms with Gasteiger partial charge in [0.15, 0.2) is 0 Å². The number of rotatable bonds is 7. The first-order valence-corrected chi connectivity index (χ1v) is 9.39. The molecule has 1 aromatic heterocycles. The highest BCUT2D eigenvalue weighted by Crippen LogP contribution is 2.26. The molecule has 27 heavy (non-hydrogen) atoms. The Morgan fingerprint density at radius 3 is 2.33 bits per heavy atom. The van der Waals surface area contributed by atoms with Crippen LogP contribution in [0.25, 0.3) is 16.9 Å². The second-order valence-corrected chi connectivity index (χ2v) is 7.47. The molecule has 3 rings (SSSR count). The van der Waals surface area contributed by atoms with Crippen molar-refractivity contribution in [1.82, 2.24) is 9.78 Å². The van der Waals surface area contributed by atoms with Crippen LogP contribution in [0.4, 0.5) is 0 Å². The van der Waals surface area contributed by atoms with E-state index in [1.807, 2.05) is 35.1 Å². The number of aryl methyl sites for hydroxylation is 2. The number of nitrogens with zero attached hydrogens (tertiary/aromatic N) is 2. The van der Waals surface area contributed by atoms with Gasteiger partial charge in [0.1, 0.15) is 0 Å². The number of hydrogen-bond acceptors (Lipinski definition) is 2. The molecule has 140 valence electrons. The second kappa shape index (κ2) is 8.21. The predicted molar refractivity (Wildman–Crippen MR) is 108 cm³/mol. The zero-order valence-electron chi connectivity index (χ0n) is 16.1. The van der Waals surface area contributed by atoms with Crippen molar-refractivity contribution in [1.29, 1.82) is 0 Å². The third-order valence-electron chi connectivity index (χ3n) is 4.57. The summed E-state index contributed by atoms with van der Waals surface area (Å²) in [6.07, 6.45) is 3.55. The van der Waals surface area contributed by atoms with Gasteiger partial charge >= 0.3 is 5.97 Å². The SMILES string of the molecule is Cc1ccc(-n2cc(CCC(=O)O)c(-c3ccc(CC(C)C)cc3)n2)cc1. The quantitative estimate of drug-likeness (QED) is 0.639. The van der Waals surface area contributed by atoms with Crippen LogP contribution in [0.5, 0.6) is 0 Å². The van der Waals surface area contributed by atoms with Gasteiger partial charge in [-0.25, -0.2) is 4.68 Å². The first-order valence-electron chi connectivity index (χ1n) is 9.39. The first-order chi connectivity index (χ1) is 12.9. The third kappa shape index (κ3) is 4.85. The molecule has 0 aliphatic heterocycles. The highest BCUT2D eigenvalue weighted by Gasteiger charge is 2.14. The minimum atomic E-state index is -0.795. The molecule has 0 unspecified atom stereocenters. The van der Waals surface area contributed by atoms with Crippen LogP contribution in [0.1, 0.15) is 37.0 Å².